The third-order valence-corrected chi connectivity index (χ3v) is 4.23. The number of benzene rings is 1. The molecule has 0 heterocycles. The minimum Gasteiger partial charge on any atom is -0.395 e. The van der Waals surface area contributed by atoms with Crippen LogP contribution in [0.25, 0.3) is 0 Å². The molecule has 1 amide bonds. The lowest BCUT2D eigenvalue weighted by atomic mass is 9.95. The molecule has 1 aromatic rings. The highest BCUT2D eigenvalue weighted by Crippen LogP contribution is 2.17. The van der Waals surface area contributed by atoms with E-state index in [-0.39, 0.29) is 24.1 Å². The van der Waals surface area contributed by atoms with Crippen LogP contribution in [0, 0.1) is 11.3 Å². The number of carbonyl (C=O) groups excluding carboxylic acids is 1. The smallest absolute Gasteiger partial charge is 0.263 e. The van der Waals surface area contributed by atoms with Crippen molar-refractivity contribution in [3.8, 4) is 6.07 Å². The first kappa shape index (κ1) is 18.0. The summed E-state index contributed by atoms with van der Waals surface area (Å²) in [5, 5.41) is 21.5. The Hall–Kier alpha value is -2.32. The van der Waals surface area contributed by atoms with E-state index in [1.807, 2.05) is 36.4 Å². The van der Waals surface area contributed by atoms with Gasteiger partial charge in [-0.3, -0.25) is 4.79 Å². The minimum atomic E-state index is -0.319. The minimum absolute atomic E-state index is 0.0354. The highest BCUT2D eigenvalue weighted by atomic mass is 16.3. The number of hydrogen-bond donors (Lipinski definition) is 2. The Morgan fingerprint density at radius 3 is 2.62 bits per heavy atom. The van der Waals surface area contributed by atoms with E-state index in [9.17, 15) is 15.2 Å². The Kier molecular flexibility index (Phi) is 7.31. The largest absolute Gasteiger partial charge is 0.395 e. The Bertz CT molecular complexity index is 586. The molecule has 2 rings (SSSR count). The number of hydrogen-bond acceptors (Lipinski definition) is 4. The van der Waals surface area contributed by atoms with Crippen LogP contribution in [0.1, 0.15) is 37.7 Å². The predicted octanol–water partition coefficient (Wildman–Crippen LogP) is 2.34. The summed E-state index contributed by atoms with van der Waals surface area (Å²) in [6.45, 7) is 0.881. The molecule has 5 nitrogen and oxygen atoms in total. The maximum Gasteiger partial charge on any atom is 0.263 e. The molecule has 0 radical (unpaired) electrons. The number of nitrogens with one attached hydrogen (secondary N) is 1. The molecule has 0 spiro atoms. The van der Waals surface area contributed by atoms with Crippen molar-refractivity contribution in [1.29, 1.82) is 5.26 Å². The fraction of sp³-hybridized carbons (Fsp3) is 0.474. The molecule has 24 heavy (non-hydrogen) atoms. The lowest BCUT2D eigenvalue weighted by molar-refractivity contribution is -0.118. The second-order valence-corrected chi connectivity index (χ2v) is 6.14. The number of nitriles is 1. The first-order valence-electron chi connectivity index (χ1n) is 8.54. The van der Waals surface area contributed by atoms with Crippen molar-refractivity contribution in [2.75, 3.05) is 13.2 Å². The molecule has 1 aliphatic rings. The van der Waals surface area contributed by atoms with E-state index < -0.39 is 0 Å². The lowest BCUT2D eigenvalue weighted by Crippen LogP contribution is -2.37. The first-order chi connectivity index (χ1) is 11.7. The summed E-state index contributed by atoms with van der Waals surface area (Å²) in [7, 11) is 0. The van der Waals surface area contributed by atoms with Crippen LogP contribution in [0.15, 0.2) is 42.1 Å². The Labute approximate surface area is 143 Å². The summed E-state index contributed by atoms with van der Waals surface area (Å²) in [6, 6.07) is 11.9. The molecule has 0 bridgehead atoms. The molecule has 1 fully saturated rings. The summed E-state index contributed by atoms with van der Waals surface area (Å²) in [5.74, 6) is -0.319. The first-order valence-corrected chi connectivity index (χ1v) is 8.54. The zero-order valence-electron chi connectivity index (χ0n) is 13.9. The van der Waals surface area contributed by atoms with Gasteiger partial charge in [0.1, 0.15) is 11.6 Å². The van der Waals surface area contributed by atoms with Crippen LogP contribution in [-0.4, -0.2) is 35.1 Å². The molecule has 0 atom stereocenters. The van der Waals surface area contributed by atoms with Crippen LogP contribution in [0.5, 0.6) is 0 Å². The summed E-state index contributed by atoms with van der Waals surface area (Å²) in [5.41, 5.74) is 1.15. The van der Waals surface area contributed by atoms with Gasteiger partial charge in [-0.2, -0.15) is 5.26 Å². The van der Waals surface area contributed by atoms with Crippen LogP contribution in [-0.2, 0) is 11.3 Å². The second kappa shape index (κ2) is 9.74. The normalized spacial score (nSPS) is 15.6. The zero-order chi connectivity index (χ0) is 17.2. The maximum atomic E-state index is 12.3. The highest BCUT2D eigenvalue weighted by Gasteiger charge is 2.18. The molecule has 0 aliphatic heterocycles. The summed E-state index contributed by atoms with van der Waals surface area (Å²) in [4.78, 5) is 14.1. The van der Waals surface area contributed by atoms with Crippen molar-refractivity contribution in [2.24, 2.45) is 0 Å². The van der Waals surface area contributed by atoms with E-state index in [1.165, 1.54) is 6.42 Å². The monoisotopic (exact) mass is 327 g/mol. The molecular weight excluding hydrogens is 302 g/mol. The lowest BCUT2D eigenvalue weighted by Gasteiger charge is -2.23. The van der Waals surface area contributed by atoms with E-state index >= 15 is 0 Å². The Balaban J connectivity index is 2.03. The van der Waals surface area contributed by atoms with Crippen LogP contribution < -0.4 is 5.32 Å². The van der Waals surface area contributed by atoms with Crippen LogP contribution in [0.4, 0.5) is 0 Å². The van der Waals surface area contributed by atoms with Gasteiger partial charge in [0.2, 0.25) is 0 Å². The summed E-state index contributed by atoms with van der Waals surface area (Å²) < 4.78 is 0. The van der Waals surface area contributed by atoms with Gasteiger partial charge >= 0.3 is 0 Å². The average molecular weight is 327 g/mol. The van der Waals surface area contributed by atoms with E-state index in [1.54, 1.807) is 11.1 Å². The second-order valence-electron chi connectivity index (χ2n) is 6.14. The third-order valence-electron chi connectivity index (χ3n) is 4.23. The Morgan fingerprint density at radius 1 is 1.29 bits per heavy atom. The van der Waals surface area contributed by atoms with Crippen molar-refractivity contribution < 1.29 is 9.90 Å². The van der Waals surface area contributed by atoms with Gasteiger partial charge in [0.25, 0.3) is 5.91 Å². The van der Waals surface area contributed by atoms with Crippen molar-refractivity contribution in [2.45, 2.75) is 44.7 Å². The van der Waals surface area contributed by atoms with Gasteiger partial charge in [0.05, 0.1) is 6.61 Å². The van der Waals surface area contributed by atoms with Gasteiger partial charge in [0.15, 0.2) is 0 Å². The topological polar surface area (TPSA) is 76.4 Å². The van der Waals surface area contributed by atoms with Gasteiger partial charge in [-0.15, -0.1) is 0 Å². The van der Waals surface area contributed by atoms with Crippen molar-refractivity contribution in [1.82, 2.24) is 10.2 Å². The molecule has 0 unspecified atom stereocenters. The van der Waals surface area contributed by atoms with Crippen LogP contribution in [0.2, 0.25) is 0 Å². The molecule has 0 aromatic heterocycles. The molecular formula is C19H25N3O2. The van der Waals surface area contributed by atoms with E-state index in [4.69, 9.17) is 0 Å². The zero-order valence-corrected chi connectivity index (χ0v) is 13.9. The number of nitrogens with zero attached hydrogens (tertiary/aromatic N) is 2. The number of aliphatic hydroxyl groups is 1. The number of rotatable bonds is 7. The highest BCUT2D eigenvalue weighted by molar-refractivity contribution is 5.97. The van der Waals surface area contributed by atoms with E-state index in [0.29, 0.717) is 13.1 Å². The van der Waals surface area contributed by atoms with Gasteiger partial charge < -0.3 is 15.3 Å². The van der Waals surface area contributed by atoms with Crippen LogP contribution in [0.3, 0.4) is 0 Å². The molecule has 1 aromatic carbocycles. The molecule has 5 heteroatoms. The molecule has 1 aliphatic carbocycles. The van der Waals surface area contributed by atoms with Gasteiger partial charge in [-0.1, -0.05) is 49.6 Å². The fourth-order valence-electron chi connectivity index (χ4n) is 2.97. The average Bonchev–Trinajstić information content (AvgIpc) is 2.61. The van der Waals surface area contributed by atoms with Crippen molar-refractivity contribution in [3.63, 3.8) is 0 Å². The third kappa shape index (κ3) is 5.71. The summed E-state index contributed by atoms with van der Waals surface area (Å²) in [6.07, 6.45) is 6.99. The van der Waals surface area contributed by atoms with E-state index in [2.05, 4.69) is 5.32 Å². The fourth-order valence-corrected chi connectivity index (χ4v) is 2.97. The molecule has 128 valence electrons. The summed E-state index contributed by atoms with van der Waals surface area (Å²) >= 11 is 0. The van der Waals surface area contributed by atoms with Crippen molar-refractivity contribution in [3.05, 3.63) is 47.7 Å². The van der Waals surface area contributed by atoms with Crippen LogP contribution >= 0.6 is 0 Å². The Morgan fingerprint density at radius 2 is 2.00 bits per heavy atom. The predicted molar refractivity (Wildman–Crippen MR) is 92.6 cm³/mol. The van der Waals surface area contributed by atoms with Crippen molar-refractivity contribution >= 4 is 5.91 Å². The maximum absolute atomic E-state index is 12.3. The number of carbonyl (C=O) groups is 1. The van der Waals surface area contributed by atoms with Gasteiger partial charge in [0, 0.05) is 25.3 Å². The number of amides is 1. The van der Waals surface area contributed by atoms with Gasteiger partial charge in [-0.05, 0) is 18.4 Å². The number of aliphatic hydroxyl groups excluding tert-OH is 1. The van der Waals surface area contributed by atoms with E-state index in [0.717, 1.165) is 31.2 Å². The standard InChI is InChI=1S/C19H25N3O2/c20-13-17(19(24)21-18-9-5-2-6-10-18)15-22(11-12-23)14-16-7-3-1-4-8-16/h1,3-4,7-8,15,18,23H,2,5-6,9-12,14H2,(H,21,24)/b17-15-. The van der Waals surface area contributed by atoms with Gasteiger partial charge in [-0.25, -0.2) is 0 Å². The SMILES string of the molecule is N#C/C(=C/N(CCO)Cc1ccccc1)C(=O)NC1CCCCC1. The quantitative estimate of drug-likeness (QED) is 0.595. The molecule has 2 N–H and O–H groups in total. The molecule has 0 saturated heterocycles. The molecule has 1 saturated carbocycles.